The predicted octanol–water partition coefficient (Wildman–Crippen LogP) is 8.15. The topological polar surface area (TPSA) is 17.8 Å². The molecule has 28 heavy (non-hydrogen) atoms. The number of imidazole rings is 1. The van der Waals surface area contributed by atoms with Gasteiger partial charge in [-0.2, -0.15) is 0 Å². The van der Waals surface area contributed by atoms with Crippen LogP contribution in [-0.4, -0.2) is 9.55 Å². The van der Waals surface area contributed by atoms with Crippen molar-refractivity contribution in [2.24, 2.45) is 0 Å². The summed E-state index contributed by atoms with van der Waals surface area (Å²) in [6, 6.07) is 11.5. The van der Waals surface area contributed by atoms with E-state index in [0.717, 1.165) is 6.42 Å². The third-order valence-electron chi connectivity index (χ3n) is 5.95. The normalized spacial score (nSPS) is 12.3. The SMILES string of the molecule is CCCCCCCCCCCCCCC(CCc1ccccc1)n1ccnc1. The zero-order chi connectivity index (χ0) is 19.7. The van der Waals surface area contributed by atoms with E-state index < -0.39 is 0 Å². The van der Waals surface area contributed by atoms with Crippen molar-refractivity contribution >= 4 is 0 Å². The molecule has 0 aliphatic heterocycles. The van der Waals surface area contributed by atoms with E-state index in [-0.39, 0.29) is 0 Å². The van der Waals surface area contributed by atoms with Crippen LogP contribution in [0.4, 0.5) is 0 Å². The Labute approximate surface area is 173 Å². The highest BCUT2D eigenvalue weighted by Gasteiger charge is 2.10. The molecule has 2 nitrogen and oxygen atoms in total. The minimum absolute atomic E-state index is 0.589. The average molecular weight is 383 g/mol. The molecule has 0 spiro atoms. The molecule has 156 valence electrons. The van der Waals surface area contributed by atoms with E-state index in [1.165, 1.54) is 95.5 Å². The fraction of sp³-hybridized carbons (Fsp3) is 0.654. The van der Waals surface area contributed by atoms with Crippen LogP contribution in [0.25, 0.3) is 0 Å². The van der Waals surface area contributed by atoms with E-state index >= 15 is 0 Å². The van der Waals surface area contributed by atoms with Gasteiger partial charge in [0.1, 0.15) is 0 Å². The van der Waals surface area contributed by atoms with Gasteiger partial charge in [-0.3, -0.25) is 0 Å². The lowest BCUT2D eigenvalue weighted by Gasteiger charge is -2.18. The molecule has 1 unspecified atom stereocenters. The zero-order valence-corrected chi connectivity index (χ0v) is 18.2. The quantitative estimate of drug-likeness (QED) is 0.252. The van der Waals surface area contributed by atoms with E-state index in [1.807, 2.05) is 12.5 Å². The van der Waals surface area contributed by atoms with E-state index in [0.29, 0.717) is 6.04 Å². The summed E-state index contributed by atoms with van der Waals surface area (Å²) in [4.78, 5) is 4.27. The van der Waals surface area contributed by atoms with Crippen molar-refractivity contribution in [3.05, 3.63) is 54.6 Å². The van der Waals surface area contributed by atoms with Gasteiger partial charge in [0, 0.05) is 18.4 Å². The molecule has 0 aliphatic rings. The molecule has 2 aromatic rings. The largest absolute Gasteiger partial charge is 0.334 e. The third kappa shape index (κ3) is 10.1. The minimum atomic E-state index is 0.589. The number of aromatic nitrogens is 2. The maximum Gasteiger partial charge on any atom is 0.0948 e. The van der Waals surface area contributed by atoms with Crippen LogP contribution in [0.15, 0.2) is 49.1 Å². The minimum Gasteiger partial charge on any atom is -0.334 e. The number of nitrogens with zero attached hydrogens (tertiary/aromatic N) is 2. The molecule has 0 N–H and O–H groups in total. The van der Waals surface area contributed by atoms with Gasteiger partial charge in [0.05, 0.1) is 6.33 Å². The lowest BCUT2D eigenvalue weighted by Crippen LogP contribution is -2.08. The lowest BCUT2D eigenvalue weighted by molar-refractivity contribution is 0.411. The number of hydrogen-bond donors (Lipinski definition) is 0. The Morgan fingerprint density at radius 1 is 0.750 bits per heavy atom. The van der Waals surface area contributed by atoms with Gasteiger partial charge in [-0.05, 0) is 24.8 Å². The molecular weight excluding hydrogens is 340 g/mol. The van der Waals surface area contributed by atoms with E-state index in [9.17, 15) is 0 Å². The van der Waals surface area contributed by atoms with Gasteiger partial charge in [-0.25, -0.2) is 4.98 Å². The third-order valence-corrected chi connectivity index (χ3v) is 5.95. The van der Waals surface area contributed by atoms with Crippen molar-refractivity contribution in [3.63, 3.8) is 0 Å². The van der Waals surface area contributed by atoms with Gasteiger partial charge in [-0.15, -0.1) is 0 Å². The van der Waals surface area contributed by atoms with Crippen molar-refractivity contribution in [2.75, 3.05) is 0 Å². The van der Waals surface area contributed by atoms with Gasteiger partial charge in [0.25, 0.3) is 0 Å². The predicted molar refractivity (Wildman–Crippen MR) is 122 cm³/mol. The number of benzene rings is 1. The van der Waals surface area contributed by atoms with Crippen LogP contribution in [0.1, 0.15) is 108 Å². The number of aryl methyl sites for hydroxylation is 1. The number of hydrogen-bond acceptors (Lipinski definition) is 1. The molecule has 0 amide bonds. The Bertz CT molecular complexity index is 561. The second-order valence-electron chi connectivity index (χ2n) is 8.37. The molecule has 1 aromatic carbocycles. The van der Waals surface area contributed by atoms with Crippen molar-refractivity contribution in [3.8, 4) is 0 Å². The average Bonchev–Trinajstić information content (AvgIpc) is 3.26. The number of unbranched alkanes of at least 4 members (excludes halogenated alkanes) is 11. The summed E-state index contributed by atoms with van der Waals surface area (Å²) in [6.07, 6.45) is 26.7. The van der Waals surface area contributed by atoms with E-state index in [1.54, 1.807) is 0 Å². The smallest absolute Gasteiger partial charge is 0.0948 e. The first-order chi connectivity index (χ1) is 13.9. The maximum absolute atomic E-state index is 4.27. The zero-order valence-electron chi connectivity index (χ0n) is 18.2. The van der Waals surface area contributed by atoms with Crippen LogP contribution in [0.5, 0.6) is 0 Å². The molecular formula is C26H42N2. The van der Waals surface area contributed by atoms with Crippen molar-refractivity contribution in [2.45, 2.75) is 109 Å². The summed E-state index contributed by atoms with van der Waals surface area (Å²) in [5.41, 5.74) is 1.45. The summed E-state index contributed by atoms with van der Waals surface area (Å²) in [5, 5.41) is 0. The Kier molecular flexibility index (Phi) is 12.5. The van der Waals surface area contributed by atoms with Gasteiger partial charge in [0.15, 0.2) is 0 Å². The van der Waals surface area contributed by atoms with Crippen LogP contribution in [-0.2, 0) is 6.42 Å². The molecule has 1 heterocycles. The summed E-state index contributed by atoms with van der Waals surface area (Å²) in [6.45, 7) is 2.29. The van der Waals surface area contributed by atoms with Crippen LogP contribution in [0.3, 0.4) is 0 Å². The van der Waals surface area contributed by atoms with Gasteiger partial charge >= 0.3 is 0 Å². The van der Waals surface area contributed by atoms with Gasteiger partial charge in [0.2, 0.25) is 0 Å². The first kappa shape index (κ1) is 22.7. The first-order valence-corrected chi connectivity index (χ1v) is 11.9. The van der Waals surface area contributed by atoms with Crippen molar-refractivity contribution < 1.29 is 0 Å². The second kappa shape index (κ2) is 15.4. The molecule has 2 rings (SSSR count). The summed E-state index contributed by atoms with van der Waals surface area (Å²) in [7, 11) is 0. The van der Waals surface area contributed by atoms with Gasteiger partial charge in [-0.1, -0.05) is 114 Å². The van der Waals surface area contributed by atoms with Crippen molar-refractivity contribution in [1.29, 1.82) is 0 Å². The molecule has 0 fully saturated rings. The van der Waals surface area contributed by atoms with E-state index in [2.05, 4.69) is 53.0 Å². The highest BCUT2D eigenvalue weighted by molar-refractivity contribution is 5.14. The summed E-state index contributed by atoms with van der Waals surface area (Å²) >= 11 is 0. The van der Waals surface area contributed by atoms with Crippen molar-refractivity contribution in [1.82, 2.24) is 9.55 Å². The number of rotatable bonds is 17. The highest BCUT2D eigenvalue weighted by atomic mass is 15.0. The molecule has 0 radical (unpaired) electrons. The van der Waals surface area contributed by atoms with Crippen LogP contribution >= 0.6 is 0 Å². The Morgan fingerprint density at radius 3 is 1.93 bits per heavy atom. The van der Waals surface area contributed by atoms with Crippen LogP contribution < -0.4 is 0 Å². The molecule has 2 heteroatoms. The Hall–Kier alpha value is -1.57. The molecule has 0 bridgehead atoms. The first-order valence-electron chi connectivity index (χ1n) is 11.9. The maximum atomic E-state index is 4.27. The lowest BCUT2D eigenvalue weighted by atomic mass is 9.99. The molecule has 1 aromatic heterocycles. The van der Waals surface area contributed by atoms with Gasteiger partial charge < -0.3 is 4.57 Å². The van der Waals surface area contributed by atoms with Crippen LogP contribution in [0, 0.1) is 0 Å². The molecule has 1 atom stereocenters. The summed E-state index contributed by atoms with van der Waals surface area (Å²) in [5.74, 6) is 0. The Balaban J connectivity index is 1.53. The molecule has 0 saturated carbocycles. The Morgan fingerprint density at radius 2 is 1.36 bits per heavy atom. The fourth-order valence-corrected chi connectivity index (χ4v) is 4.13. The standard InChI is InChI=1S/C26H42N2/c1-2-3-4-5-6-7-8-9-10-11-12-16-19-26(28-23-22-27-24-28)21-20-25-17-14-13-15-18-25/h13-15,17-18,22-24,26H,2-12,16,19-21H2,1H3. The highest BCUT2D eigenvalue weighted by Crippen LogP contribution is 2.22. The van der Waals surface area contributed by atoms with E-state index in [4.69, 9.17) is 0 Å². The molecule has 0 saturated heterocycles. The monoisotopic (exact) mass is 382 g/mol. The molecule has 0 aliphatic carbocycles. The summed E-state index contributed by atoms with van der Waals surface area (Å²) < 4.78 is 2.32. The van der Waals surface area contributed by atoms with Crippen LogP contribution in [0.2, 0.25) is 0 Å². The second-order valence-corrected chi connectivity index (χ2v) is 8.37. The fourth-order valence-electron chi connectivity index (χ4n) is 4.13.